The number of hydrogen-bond donors (Lipinski definition) is 2. The van der Waals surface area contributed by atoms with Crippen LogP contribution in [0.25, 0.3) is 10.9 Å². The molecule has 96 valence electrons. The number of nitrogens with zero attached hydrogens (tertiary/aromatic N) is 1. The molecule has 0 saturated carbocycles. The highest BCUT2D eigenvalue weighted by Crippen LogP contribution is 2.24. The molecule has 3 aromatic rings. The van der Waals surface area contributed by atoms with E-state index in [1.807, 2.05) is 24.3 Å². The lowest BCUT2D eigenvalue weighted by molar-refractivity contribution is 0.103. The number of aromatic nitrogens is 2. The number of aromatic amines is 1. The lowest BCUT2D eigenvalue weighted by Gasteiger charge is -1.99. The number of hydrogen-bond acceptors (Lipinski definition) is 4. The molecule has 0 spiro atoms. The smallest absolute Gasteiger partial charge is 0.267 e. The van der Waals surface area contributed by atoms with E-state index in [1.54, 1.807) is 18.6 Å². The average Bonchev–Trinajstić information content (AvgIpc) is 3.06. The first-order valence-corrected chi connectivity index (χ1v) is 6.53. The zero-order valence-corrected chi connectivity index (χ0v) is 11.0. The third-order valence-corrected chi connectivity index (χ3v) is 3.64. The number of rotatable bonds is 3. The molecule has 2 N–H and O–H groups in total. The molecule has 0 saturated heterocycles. The number of carbonyl (C=O) groups is 1. The van der Waals surface area contributed by atoms with Gasteiger partial charge in [-0.1, -0.05) is 12.1 Å². The van der Waals surface area contributed by atoms with E-state index in [-0.39, 0.29) is 5.91 Å². The summed E-state index contributed by atoms with van der Waals surface area (Å²) >= 11 is 1.33. The molecule has 0 aliphatic rings. The van der Waals surface area contributed by atoms with Crippen molar-refractivity contribution in [2.24, 2.45) is 0 Å². The number of amides is 1. The van der Waals surface area contributed by atoms with E-state index in [4.69, 9.17) is 4.74 Å². The standard InChI is InChI=1S/C13H11N3O2S/c1-18-8-6-11(19-7-8)13(17)14-12-9-4-2-3-5-10(9)15-16-12/h2-7H,1H3,(H2,14,15,16,17). The largest absolute Gasteiger partial charge is 0.496 e. The number of ether oxygens (including phenoxy) is 1. The summed E-state index contributed by atoms with van der Waals surface area (Å²) in [5.74, 6) is 1.03. The molecule has 6 heteroatoms. The highest BCUT2D eigenvalue weighted by atomic mass is 32.1. The van der Waals surface area contributed by atoms with Crippen LogP contribution in [-0.4, -0.2) is 23.2 Å². The van der Waals surface area contributed by atoms with Crippen molar-refractivity contribution in [1.82, 2.24) is 10.2 Å². The summed E-state index contributed by atoms with van der Waals surface area (Å²) in [5.41, 5.74) is 0.890. The van der Waals surface area contributed by atoms with Crippen LogP contribution in [0.4, 0.5) is 5.82 Å². The number of H-pyrrole nitrogens is 1. The molecule has 0 radical (unpaired) electrons. The Hall–Kier alpha value is -2.34. The number of thiophene rings is 1. The number of anilines is 1. The van der Waals surface area contributed by atoms with Crippen LogP contribution in [0.2, 0.25) is 0 Å². The van der Waals surface area contributed by atoms with Gasteiger partial charge in [0, 0.05) is 16.8 Å². The summed E-state index contributed by atoms with van der Waals surface area (Å²) in [6.45, 7) is 0. The highest BCUT2D eigenvalue weighted by molar-refractivity contribution is 7.12. The van der Waals surface area contributed by atoms with Crippen molar-refractivity contribution in [1.29, 1.82) is 0 Å². The first-order valence-electron chi connectivity index (χ1n) is 5.65. The highest BCUT2D eigenvalue weighted by Gasteiger charge is 2.13. The van der Waals surface area contributed by atoms with Gasteiger partial charge in [0.1, 0.15) is 5.75 Å². The molecule has 3 rings (SSSR count). The predicted octanol–water partition coefficient (Wildman–Crippen LogP) is 2.89. The van der Waals surface area contributed by atoms with E-state index in [0.717, 1.165) is 10.9 Å². The molecule has 0 unspecified atom stereocenters. The molecule has 2 heterocycles. The molecule has 5 nitrogen and oxygen atoms in total. The number of fused-ring (bicyclic) bond motifs is 1. The molecule has 0 aliphatic heterocycles. The monoisotopic (exact) mass is 273 g/mol. The normalized spacial score (nSPS) is 10.6. The summed E-state index contributed by atoms with van der Waals surface area (Å²) in [6.07, 6.45) is 0. The zero-order chi connectivity index (χ0) is 13.2. The van der Waals surface area contributed by atoms with E-state index >= 15 is 0 Å². The summed E-state index contributed by atoms with van der Waals surface area (Å²) in [7, 11) is 1.57. The Balaban J connectivity index is 1.86. The van der Waals surface area contributed by atoms with Crippen molar-refractivity contribution in [3.63, 3.8) is 0 Å². The predicted molar refractivity (Wildman–Crippen MR) is 74.9 cm³/mol. The Bertz CT molecular complexity index is 732. The second-order valence-electron chi connectivity index (χ2n) is 3.92. The second-order valence-corrected chi connectivity index (χ2v) is 4.83. The minimum absolute atomic E-state index is 0.189. The van der Waals surface area contributed by atoms with E-state index in [0.29, 0.717) is 16.4 Å². The Kier molecular flexibility index (Phi) is 2.92. The van der Waals surface area contributed by atoms with E-state index in [1.165, 1.54) is 11.3 Å². The van der Waals surface area contributed by atoms with E-state index in [9.17, 15) is 4.79 Å². The van der Waals surface area contributed by atoms with Crippen LogP contribution >= 0.6 is 11.3 Å². The fraction of sp³-hybridized carbons (Fsp3) is 0.0769. The minimum atomic E-state index is -0.189. The van der Waals surface area contributed by atoms with Crippen molar-refractivity contribution in [2.75, 3.05) is 12.4 Å². The number of carbonyl (C=O) groups excluding carboxylic acids is 1. The molecule has 2 aromatic heterocycles. The molecular weight excluding hydrogens is 262 g/mol. The Labute approximate surface area is 113 Å². The second kappa shape index (κ2) is 4.74. The molecular formula is C13H11N3O2S. The van der Waals surface area contributed by atoms with Gasteiger partial charge in [0.2, 0.25) is 0 Å². The maximum Gasteiger partial charge on any atom is 0.267 e. The van der Waals surface area contributed by atoms with Gasteiger partial charge in [-0.2, -0.15) is 5.10 Å². The van der Waals surface area contributed by atoms with Crippen molar-refractivity contribution >= 4 is 34.0 Å². The number of para-hydroxylation sites is 1. The van der Waals surface area contributed by atoms with Gasteiger partial charge in [-0.25, -0.2) is 0 Å². The quantitative estimate of drug-likeness (QED) is 0.771. The van der Waals surface area contributed by atoms with Crippen LogP contribution in [0.1, 0.15) is 9.67 Å². The SMILES string of the molecule is COc1csc(C(=O)Nc2n[nH]c3ccccc23)c1. The van der Waals surface area contributed by atoms with Crippen LogP contribution in [0, 0.1) is 0 Å². The van der Waals surface area contributed by atoms with Crippen molar-refractivity contribution in [3.05, 3.63) is 40.6 Å². The first kappa shape index (κ1) is 11.7. The first-order chi connectivity index (χ1) is 9.28. The van der Waals surface area contributed by atoms with Crippen molar-refractivity contribution < 1.29 is 9.53 Å². The topological polar surface area (TPSA) is 67.0 Å². The maximum absolute atomic E-state index is 12.1. The van der Waals surface area contributed by atoms with Crippen LogP contribution in [-0.2, 0) is 0 Å². The summed E-state index contributed by atoms with van der Waals surface area (Å²) in [6, 6.07) is 9.34. The molecule has 0 atom stereocenters. The fourth-order valence-corrected chi connectivity index (χ4v) is 2.52. The molecule has 0 aliphatic carbocycles. The van der Waals surface area contributed by atoms with Crippen molar-refractivity contribution in [2.45, 2.75) is 0 Å². The lowest BCUT2D eigenvalue weighted by Crippen LogP contribution is -2.10. The van der Waals surface area contributed by atoms with Gasteiger partial charge in [-0.05, 0) is 12.1 Å². The van der Waals surface area contributed by atoms with Gasteiger partial charge >= 0.3 is 0 Å². The number of methoxy groups -OCH3 is 1. The van der Waals surface area contributed by atoms with E-state index in [2.05, 4.69) is 15.5 Å². The Morgan fingerprint density at radius 3 is 3.05 bits per heavy atom. The van der Waals surface area contributed by atoms with Crippen molar-refractivity contribution in [3.8, 4) is 5.75 Å². The third kappa shape index (κ3) is 2.17. The van der Waals surface area contributed by atoms with Gasteiger partial charge in [0.05, 0.1) is 17.5 Å². The Morgan fingerprint density at radius 1 is 1.42 bits per heavy atom. The summed E-state index contributed by atoms with van der Waals surface area (Å²) in [5, 5.41) is 12.4. The summed E-state index contributed by atoms with van der Waals surface area (Å²) in [4.78, 5) is 12.7. The molecule has 1 aromatic carbocycles. The molecule has 0 fully saturated rings. The molecule has 0 bridgehead atoms. The maximum atomic E-state index is 12.1. The summed E-state index contributed by atoms with van der Waals surface area (Å²) < 4.78 is 5.06. The minimum Gasteiger partial charge on any atom is -0.496 e. The van der Waals surface area contributed by atoms with Gasteiger partial charge in [-0.3, -0.25) is 9.89 Å². The van der Waals surface area contributed by atoms with Crippen LogP contribution in [0.15, 0.2) is 35.7 Å². The number of benzene rings is 1. The van der Waals surface area contributed by atoms with Crippen LogP contribution in [0.3, 0.4) is 0 Å². The zero-order valence-electron chi connectivity index (χ0n) is 10.1. The molecule has 19 heavy (non-hydrogen) atoms. The van der Waals surface area contributed by atoms with Gasteiger partial charge < -0.3 is 10.1 Å². The van der Waals surface area contributed by atoms with Gasteiger partial charge in [-0.15, -0.1) is 11.3 Å². The average molecular weight is 273 g/mol. The molecule has 1 amide bonds. The van der Waals surface area contributed by atoms with Gasteiger partial charge in [0.25, 0.3) is 5.91 Å². The third-order valence-electron chi connectivity index (χ3n) is 2.74. The van der Waals surface area contributed by atoms with Gasteiger partial charge in [0.15, 0.2) is 5.82 Å². The van der Waals surface area contributed by atoms with Crippen LogP contribution in [0.5, 0.6) is 5.75 Å². The fourth-order valence-electron chi connectivity index (χ4n) is 1.77. The number of nitrogens with one attached hydrogen (secondary N) is 2. The van der Waals surface area contributed by atoms with Crippen LogP contribution < -0.4 is 10.1 Å². The lowest BCUT2D eigenvalue weighted by atomic mass is 10.2. The Morgan fingerprint density at radius 2 is 2.26 bits per heavy atom. The van der Waals surface area contributed by atoms with E-state index < -0.39 is 0 Å².